The lowest BCUT2D eigenvalue weighted by Crippen LogP contribution is -2.16. The molecule has 92 valence electrons. The monoisotopic (exact) mass is 224 g/mol. The highest BCUT2D eigenvalue weighted by atomic mass is 15.3. The van der Waals surface area contributed by atoms with Crippen LogP contribution in [0.5, 0.6) is 0 Å². The van der Waals surface area contributed by atoms with Crippen LogP contribution in [-0.4, -0.2) is 14.8 Å². The van der Waals surface area contributed by atoms with E-state index in [4.69, 9.17) is 5.73 Å². The molecule has 0 saturated heterocycles. The molecule has 2 N–H and O–H groups in total. The fraction of sp³-hybridized carbons (Fsp3) is 0.833. The van der Waals surface area contributed by atoms with Gasteiger partial charge in [0.15, 0.2) is 5.82 Å². The van der Waals surface area contributed by atoms with E-state index in [1.54, 1.807) is 0 Å². The van der Waals surface area contributed by atoms with Crippen LogP contribution in [0, 0.1) is 0 Å². The lowest BCUT2D eigenvalue weighted by Gasteiger charge is -2.12. The average molecular weight is 224 g/mol. The fourth-order valence-electron chi connectivity index (χ4n) is 1.59. The lowest BCUT2D eigenvalue weighted by atomic mass is 9.96. The standard InChI is InChI=1S/C12H24N4/c1-6-7-8-9(13)10-14-11(12(2,3)4)15-16(10)5/h9H,6-8,13H2,1-5H3. The van der Waals surface area contributed by atoms with E-state index in [1.807, 2.05) is 11.7 Å². The van der Waals surface area contributed by atoms with Crippen molar-refractivity contribution in [2.75, 3.05) is 0 Å². The van der Waals surface area contributed by atoms with Crippen LogP contribution in [0.4, 0.5) is 0 Å². The van der Waals surface area contributed by atoms with E-state index in [2.05, 4.69) is 37.8 Å². The van der Waals surface area contributed by atoms with Crippen LogP contribution in [-0.2, 0) is 12.5 Å². The maximum absolute atomic E-state index is 6.12. The minimum absolute atomic E-state index is 0.00792. The summed E-state index contributed by atoms with van der Waals surface area (Å²) in [7, 11) is 1.92. The maximum Gasteiger partial charge on any atom is 0.156 e. The number of hydrogen-bond donors (Lipinski definition) is 1. The van der Waals surface area contributed by atoms with E-state index in [-0.39, 0.29) is 11.5 Å². The molecule has 4 heteroatoms. The Bertz CT molecular complexity index is 335. The Morgan fingerprint density at radius 1 is 1.38 bits per heavy atom. The predicted octanol–water partition coefficient (Wildman–Crippen LogP) is 2.30. The van der Waals surface area contributed by atoms with E-state index in [1.165, 1.54) is 0 Å². The Morgan fingerprint density at radius 3 is 2.44 bits per heavy atom. The summed E-state index contributed by atoms with van der Waals surface area (Å²) >= 11 is 0. The first kappa shape index (κ1) is 13.2. The van der Waals surface area contributed by atoms with Crippen molar-refractivity contribution in [1.29, 1.82) is 0 Å². The Labute approximate surface area is 98.2 Å². The van der Waals surface area contributed by atoms with Gasteiger partial charge >= 0.3 is 0 Å². The van der Waals surface area contributed by atoms with Crippen molar-refractivity contribution >= 4 is 0 Å². The van der Waals surface area contributed by atoms with Gasteiger partial charge in [0.25, 0.3) is 0 Å². The Kier molecular flexibility index (Phi) is 4.08. The van der Waals surface area contributed by atoms with Gasteiger partial charge in [-0.1, -0.05) is 40.5 Å². The number of aromatic nitrogens is 3. The van der Waals surface area contributed by atoms with Gasteiger partial charge in [-0.2, -0.15) is 5.10 Å². The van der Waals surface area contributed by atoms with Gasteiger partial charge in [-0.05, 0) is 6.42 Å². The normalized spacial score (nSPS) is 14.1. The zero-order valence-corrected chi connectivity index (χ0v) is 11.1. The first-order valence-corrected chi connectivity index (χ1v) is 6.03. The van der Waals surface area contributed by atoms with Crippen LogP contribution in [0.15, 0.2) is 0 Å². The minimum Gasteiger partial charge on any atom is -0.321 e. The Morgan fingerprint density at radius 2 is 2.00 bits per heavy atom. The SMILES string of the molecule is CCCCC(N)c1nc(C(C)(C)C)nn1C. The predicted molar refractivity (Wildman–Crippen MR) is 66.2 cm³/mol. The molecule has 0 aliphatic heterocycles. The quantitative estimate of drug-likeness (QED) is 0.853. The van der Waals surface area contributed by atoms with Crippen LogP contribution in [0.25, 0.3) is 0 Å². The second kappa shape index (κ2) is 4.95. The third-order valence-corrected chi connectivity index (χ3v) is 2.67. The van der Waals surface area contributed by atoms with E-state index < -0.39 is 0 Å². The summed E-state index contributed by atoms with van der Waals surface area (Å²) < 4.78 is 1.82. The molecular weight excluding hydrogens is 200 g/mol. The largest absolute Gasteiger partial charge is 0.321 e. The molecule has 1 aromatic heterocycles. The molecule has 4 nitrogen and oxygen atoms in total. The summed E-state index contributed by atoms with van der Waals surface area (Å²) in [6.07, 6.45) is 3.28. The van der Waals surface area contributed by atoms with Crippen molar-refractivity contribution in [3.8, 4) is 0 Å². The molecule has 1 rings (SSSR count). The zero-order chi connectivity index (χ0) is 12.3. The summed E-state index contributed by atoms with van der Waals surface area (Å²) in [6.45, 7) is 8.51. The van der Waals surface area contributed by atoms with E-state index in [9.17, 15) is 0 Å². The van der Waals surface area contributed by atoms with E-state index >= 15 is 0 Å². The molecule has 16 heavy (non-hydrogen) atoms. The molecule has 0 aliphatic carbocycles. The maximum atomic E-state index is 6.12. The van der Waals surface area contributed by atoms with Crippen molar-refractivity contribution in [2.45, 2.75) is 58.4 Å². The van der Waals surface area contributed by atoms with Crippen LogP contribution in [0.3, 0.4) is 0 Å². The molecule has 0 aliphatic rings. The lowest BCUT2D eigenvalue weighted by molar-refractivity contribution is 0.536. The number of aryl methyl sites for hydroxylation is 1. The van der Waals surface area contributed by atoms with Crippen molar-refractivity contribution in [1.82, 2.24) is 14.8 Å². The molecule has 1 heterocycles. The topological polar surface area (TPSA) is 56.7 Å². The molecule has 0 amide bonds. The van der Waals surface area contributed by atoms with Gasteiger partial charge in [-0.15, -0.1) is 0 Å². The summed E-state index contributed by atoms with van der Waals surface area (Å²) in [6, 6.07) is 0.00792. The highest BCUT2D eigenvalue weighted by molar-refractivity contribution is 5.05. The molecule has 0 bridgehead atoms. The first-order chi connectivity index (χ1) is 7.36. The van der Waals surface area contributed by atoms with Gasteiger partial charge in [0, 0.05) is 12.5 Å². The van der Waals surface area contributed by atoms with Crippen LogP contribution < -0.4 is 5.73 Å². The fourth-order valence-corrected chi connectivity index (χ4v) is 1.59. The molecule has 1 aromatic rings. The molecule has 0 spiro atoms. The number of rotatable bonds is 4. The number of nitrogens with zero attached hydrogens (tertiary/aromatic N) is 3. The molecule has 1 unspecified atom stereocenters. The molecule has 1 atom stereocenters. The highest BCUT2D eigenvalue weighted by Crippen LogP contribution is 2.21. The van der Waals surface area contributed by atoms with Gasteiger partial charge < -0.3 is 5.73 Å². The summed E-state index contributed by atoms with van der Waals surface area (Å²) in [5.41, 5.74) is 6.10. The van der Waals surface area contributed by atoms with Gasteiger partial charge in [-0.3, -0.25) is 4.68 Å². The van der Waals surface area contributed by atoms with Crippen LogP contribution >= 0.6 is 0 Å². The second-order valence-corrected chi connectivity index (χ2v) is 5.42. The second-order valence-electron chi connectivity index (χ2n) is 5.42. The van der Waals surface area contributed by atoms with Gasteiger partial charge in [-0.25, -0.2) is 4.98 Å². The molecule has 0 radical (unpaired) electrons. The highest BCUT2D eigenvalue weighted by Gasteiger charge is 2.22. The molecule has 0 fully saturated rings. The third kappa shape index (κ3) is 3.04. The average Bonchev–Trinajstić information content (AvgIpc) is 2.56. The smallest absolute Gasteiger partial charge is 0.156 e. The minimum atomic E-state index is -0.0134. The van der Waals surface area contributed by atoms with Crippen LogP contribution in [0.2, 0.25) is 0 Å². The summed E-state index contributed by atoms with van der Waals surface area (Å²) in [4.78, 5) is 4.56. The third-order valence-electron chi connectivity index (χ3n) is 2.67. The Hall–Kier alpha value is -0.900. The number of hydrogen-bond acceptors (Lipinski definition) is 3. The van der Waals surface area contributed by atoms with Crippen molar-refractivity contribution < 1.29 is 0 Å². The van der Waals surface area contributed by atoms with Gasteiger partial charge in [0.05, 0.1) is 6.04 Å². The number of unbranched alkanes of at least 4 members (excludes halogenated alkanes) is 1. The van der Waals surface area contributed by atoms with Crippen LogP contribution in [0.1, 0.15) is 64.6 Å². The van der Waals surface area contributed by atoms with Gasteiger partial charge in [0.2, 0.25) is 0 Å². The molecular formula is C12H24N4. The van der Waals surface area contributed by atoms with E-state index in [0.29, 0.717) is 0 Å². The molecule has 0 aromatic carbocycles. The summed E-state index contributed by atoms with van der Waals surface area (Å²) in [5.74, 6) is 1.77. The number of nitrogens with two attached hydrogens (primary N) is 1. The van der Waals surface area contributed by atoms with Gasteiger partial charge in [0.1, 0.15) is 5.82 Å². The van der Waals surface area contributed by atoms with Crippen molar-refractivity contribution in [3.05, 3.63) is 11.6 Å². The molecule has 0 saturated carbocycles. The van der Waals surface area contributed by atoms with Crippen molar-refractivity contribution in [2.24, 2.45) is 12.8 Å². The first-order valence-electron chi connectivity index (χ1n) is 6.03. The van der Waals surface area contributed by atoms with E-state index in [0.717, 1.165) is 30.9 Å². The Balaban J connectivity index is 2.85. The van der Waals surface area contributed by atoms with Crippen molar-refractivity contribution in [3.63, 3.8) is 0 Å². The summed E-state index contributed by atoms with van der Waals surface area (Å²) in [5, 5.41) is 4.44. The zero-order valence-electron chi connectivity index (χ0n) is 11.1.